The van der Waals surface area contributed by atoms with Crippen LogP contribution in [-0.4, -0.2) is 16.8 Å². The number of ketones is 1. The zero-order chi connectivity index (χ0) is 11.3. The SMILES string of the molecule is CC(=O)CC(=O)NCc1cccc(O)c1. The maximum atomic E-state index is 11.1. The normalized spacial score (nSPS) is 9.67. The van der Waals surface area contributed by atoms with E-state index in [1.165, 1.54) is 6.92 Å². The average Bonchev–Trinajstić information content (AvgIpc) is 2.14. The van der Waals surface area contributed by atoms with Gasteiger partial charge in [0.25, 0.3) is 0 Å². The van der Waals surface area contributed by atoms with Gasteiger partial charge in [-0.25, -0.2) is 0 Å². The van der Waals surface area contributed by atoms with Crippen molar-refractivity contribution < 1.29 is 14.7 Å². The quantitative estimate of drug-likeness (QED) is 0.723. The van der Waals surface area contributed by atoms with Gasteiger partial charge < -0.3 is 10.4 Å². The Balaban J connectivity index is 2.43. The number of amides is 1. The summed E-state index contributed by atoms with van der Waals surface area (Å²) < 4.78 is 0. The summed E-state index contributed by atoms with van der Waals surface area (Å²) in [5.74, 6) is -0.303. The lowest BCUT2D eigenvalue weighted by molar-refractivity contribution is -0.127. The van der Waals surface area contributed by atoms with Crippen LogP contribution in [0.1, 0.15) is 18.9 Å². The zero-order valence-corrected chi connectivity index (χ0v) is 8.49. The molecule has 0 aliphatic rings. The Morgan fingerprint density at radius 3 is 2.73 bits per heavy atom. The van der Waals surface area contributed by atoms with Gasteiger partial charge >= 0.3 is 0 Å². The maximum absolute atomic E-state index is 11.1. The molecule has 2 N–H and O–H groups in total. The van der Waals surface area contributed by atoms with E-state index in [0.29, 0.717) is 6.54 Å². The Kier molecular flexibility index (Phi) is 3.85. The molecule has 0 saturated carbocycles. The molecule has 0 aliphatic carbocycles. The monoisotopic (exact) mass is 207 g/mol. The van der Waals surface area contributed by atoms with Crippen molar-refractivity contribution in [1.29, 1.82) is 0 Å². The first-order valence-corrected chi connectivity index (χ1v) is 4.62. The van der Waals surface area contributed by atoms with Crippen molar-refractivity contribution in [3.8, 4) is 5.75 Å². The van der Waals surface area contributed by atoms with Gasteiger partial charge in [0.05, 0.1) is 6.42 Å². The number of phenolic OH excluding ortho intramolecular Hbond substituents is 1. The number of aromatic hydroxyl groups is 1. The van der Waals surface area contributed by atoms with E-state index in [-0.39, 0.29) is 23.9 Å². The van der Waals surface area contributed by atoms with E-state index in [4.69, 9.17) is 5.11 Å². The number of phenols is 1. The minimum absolute atomic E-state index is 0.0984. The zero-order valence-electron chi connectivity index (χ0n) is 8.49. The molecule has 0 heterocycles. The first kappa shape index (κ1) is 11.2. The van der Waals surface area contributed by atoms with Crippen molar-refractivity contribution in [2.75, 3.05) is 0 Å². The third-order valence-electron chi connectivity index (χ3n) is 1.81. The Labute approximate surface area is 87.9 Å². The van der Waals surface area contributed by atoms with E-state index in [0.717, 1.165) is 5.56 Å². The summed E-state index contributed by atoms with van der Waals surface area (Å²) in [5, 5.41) is 11.7. The van der Waals surface area contributed by atoms with Gasteiger partial charge in [-0.2, -0.15) is 0 Å². The Morgan fingerprint density at radius 1 is 1.40 bits per heavy atom. The van der Waals surface area contributed by atoms with Crippen LogP contribution in [0.15, 0.2) is 24.3 Å². The lowest BCUT2D eigenvalue weighted by Gasteiger charge is -2.04. The highest BCUT2D eigenvalue weighted by atomic mass is 16.3. The van der Waals surface area contributed by atoms with Gasteiger partial charge in [0.2, 0.25) is 5.91 Å². The van der Waals surface area contributed by atoms with Crippen LogP contribution in [0.2, 0.25) is 0 Å². The molecule has 0 bridgehead atoms. The largest absolute Gasteiger partial charge is 0.508 e. The van der Waals surface area contributed by atoms with E-state index >= 15 is 0 Å². The molecule has 1 aromatic carbocycles. The fourth-order valence-corrected chi connectivity index (χ4v) is 1.16. The van der Waals surface area contributed by atoms with Crippen LogP contribution in [0.3, 0.4) is 0 Å². The fourth-order valence-electron chi connectivity index (χ4n) is 1.16. The average molecular weight is 207 g/mol. The number of carbonyl (C=O) groups excluding carboxylic acids is 2. The first-order valence-electron chi connectivity index (χ1n) is 4.62. The van der Waals surface area contributed by atoms with Gasteiger partial charge in [-0.1, -0.05) is 12.1 Å². The van der Waals surface area contributed by atoms with Crippen LogP contribution in [0.4, 0.5) is 0 Å². The fraction of sp³-hybridized carbons (Fsp3) is 0.273. The number of hydrogen-bond donors (Lipinski definition) is 2. The molecule has 0 saturated heterocycles. The number of rotatable bonds is 4. The van der Waals surface area contributed by atoms with E-state index < -0.39 is 0 Å². The minimum atomic E-state index is -0.300. The smallest absolute Gasteiger partial charge is 0.227 e. The highest BCUT2D eigenvalue weighted by Gasteiger charge is 2.04. The van der Waals surface area contributed by atoms with Crippen LogP contribution in [0, 0.1) is 0 Å². The third kappa shape index (κ3) is 4.26. The molecule has 1 rings (SSSR count). The van der Waals surface area contributed by atoms with Crippen molar-refractivity contribution in [1.82, 2.24) is 5.32 Å². The van der Waals surface area contributed by atoms with E-state index in [1.54, 1.807) is 24.3 Å². The van der Waals surface area contributed by atoms with Crippen LogP contribution in [0.5, 0.6) is 5.75 Å². The summed E-state index contributed by atoms with van der Waals surface area (Å²) in [5.41, 5.74) is 0.798. The molecule has 4 nitrogen and oxygen atoms in total. The number of benzene rings is 1. The number of hydrogen-bond acceptors (Lipinski definition) is 3. The highest BCUT2D eigenvalue weighted by molar-refractivity contribution is 5.96. The lowest BCUT2D eigenvalue weighted by atomic mass is 10.2. The highest BCUT2D eigenvalue weighted by Crippen LogP contribution is 2.10. The van der Waals surface area contributed by atoms with Gasteiger partial charge in [-0.05, 0) is 24.6 Å². The predicted molar refractivity (Wildman–Crippen MR) is 55.3 cm³/mol. The Morgan fingerprint density at radius 2 is 2.13 bits per heavy atom. The summed E-state index contributed by atoms with van der Waals surface area (Å²) in [6, 6.07) is 6.60. The molecule has 0 unspecified atom stereocenters. The Bertz CT molecular complexity index is 374. The molecule has 0 atom stereocenters. The van der Waals surface area contributed by atoms with Crippen molar-refractivity contribution >= 4 is 11.7 Å². The van der Waals surface area contributed by atoms with Crippen molar-refractivity contribution in [3.05, 3.63) is 29.8 Å². The second-order valence-electron chi connectivity index (χ2n) is 3.33. The summed E-state index contributed by atoms with van der Waals surface area (Å²) >= 11 is 0. The molecule has 0 spiro atoms. The summed E-state index contributed by atoms with van der Waals surface area (Å²) in [6.07, 6.45) is -0.0984. The Hall–Kier alpha value is -1.84. The predicted octanol–water partition coefficient (Wildman–Crippen LogP) is 0.988. The maximum Gasteiger partial charge on any atom is 0.227 e. The molecule has 1 amide bonds. The molecule has 1 aromatic rings. The summed E-state index contributed by atoms with van der Waals surface area (Å²) in [4.78, 5) is 21.7. The van der Waals surface area contributed by atoms with Crippen molar-refractivity contribution in [2.45, 2.75) is 19.9 Å². The molecule has 0 aliphatic heterocycles. The van der Waals surface area contributed by atoms with E-state index in [9.17, 15) is 9.59 Å². The van der Waals surface area contributed by atoms with Gasteiger partial charge in [0.15, 0.2) is 0 Å². The number of carbonyl (C=O) groups is 2. The molecular weight excluding hydrogens is 194 g/mol. The van der Waals surface area contributed by atoms with E-state index in [1.807, 2.05) is 0 Å². The molecule has 0 fully saturated rings. The molecule has 0 radical (unpaired) electrons. The van der Waals surface area contributed by atoms with Crippen molar-refractivity contribution in [3.63, 3.8) is 0 Å². The lowest BCUT2D eigenvalue weighted by Crippen LogP contribution is -2.24. The van der Waals surface area contributed by atoms with Crippen LogP contribution >= 0.6 is 0 Å². The van der Waals surface area contributed by atoms with E-state index in [2.05, 4.69) is 5.32 Å². The van der Waals surface area contributed by atoms with Crippen LogP contribution in [0.25, 0.3) is 0 Å². The van der Waals surface area contributed by atoms with Crippen molar-refractivity contribution in [2.24, 2.45) is 0 Å². The summed E-state index contributed by atoms with van der Waals surface area (Å²) in [7, 11) is 0. The van der Waals surface area contributed by atoms with Gasteiger partial charge in [-0.3, -0.25) is 9.59 Å². The molecule has 80 valence electrons. The number of Topliss-reactive ketones (excluding diaryl/α,β-unsaturated/α-hetero) is 1. The van der Waals surface area contributed by atoms with Gasteiger partial charge in [-0.15, -0.1) is 0 Å². The van der Waals surface area contributed by atoms with Gasteiger partial charge in [0, 0.05) is 6.54 Å². The molecular formula is C11H13NO3. The minimum Gasteiger partial charge on any atom is -0.508 e. The van der Waals surface area contributed by atoms with Crippen LogP contribution in [-0.2, 0) is 16.1 Å². The standard InChI is InChI=1S/C11H13NO3/c1-8(13)5-11(15)12-7-9-3-2-4-10(14)6-9/h2-4,6,14H,5,7H2,1H3,(H,12,15). The molecule has 4 heteroatoms. The van der Waals surface area contributed by atoms with Crippen LogP contribution < -0.4 is 5.32 Å². The summed E-state index contributed by atoms with van der Waals surface area (Å²) in [6.45, 7) is 1.69. The third-order valence-corrected chi connectivity index (χ3v) is 1.81. The second kappa shape index (κ2) is 5.14. The topological polar surface area (TPSA) is 66.4 Å². The number of nitrogens with one attached hydrogen (secondary N) is 1. The molecule has 15 heavy (non-hydrogen) atoms. The second-order valence-corrected chi connectivity index (χ2v) is 3.33. The molecule has 0 aromatic heterocycles. The van der Waals surface area contributed by atoms with Gasteiger partial charge in [0.1, 0.15) is 11.5 Å². The first-order chi connectivity index (χ1) is 7.08.